The van der Waals surface area contributed by atoms with Crippen LogP contribution in [0, 0.1) is 10.1 Å². The van der Waals surface area contributed by atoms with Gasteiger partial charge in [-0.2, -0.15) is 0 Å². The van der Waals surface area contributed by atoms with Crippen LogP contribution in [0.2, 0.25) is 0 Å². The minimum Gasteiger partial charge on any atom is -0.487 e. The van der Waals surface area contributed by atoms with E-state index in [1.165, 1.54) is 25.1 Å². The molecule has 1 aromatic carbocycles. The fourth-order valence-electron chi connectivity index (χ4n) is 2.00. The van der Waals surface area contributed by atoms with Crippen LogP contribution in [0.3, 0.4) is 0 Å². The first-order chi connectivity index (χ1) is 9.38. The van der Waals surface area contributed by atoms with E-state index in [0.717, 1.165) is 0 Å². The van der Waals surface area contributed by atoms with Gasteiger partial charge in [-0.3, -0.25) is 20.2 Å². The monoisotopic (exact) mass is 279 g/mol. The van der Waals surface area contributed by atoms with Crippen LogP contribution in [0.25, 0.3) is 0 Å². The van der Waals surface area contributed by atoms with E-state index in [1.807, 2.05) is 0 Å². The average Bonchev–Trinajstić information content (AvgIpc) is 2.64. The predicted molar refractivity (Wildman–Crippen MR) is 68.3 cm³/mol. The summed E-state index contributed by atoms with van der Waals surface area (Å²) >= 11 is 0. The number of benzene rings is 1. The number of imide groups is 1. The van der Waals surface area contributed by atoms with Crippen molar-refractivity contribution in [2.45, 2.75) is 19.4 Å². The molecule has 1 fully saturated rings. The summed E-state index contributed by atoms with van der Waals surface area (Å²) in [6, 6.07) is 3.54. The summed E-state index contributed by atoms with van der Waals surface area (Å²) in [5.74, 6) is -0.435. The van der Waals surface area contributed by atoms with E-state index >= 15 is 0 Å². The van der Waals surface area contributed by atoms with Gasteiger partial charge in [-0.1, -0.05) is 6.07 Å². The molecule has 3 amide bonds. The Balaban J connectivity index is 2.49. The number of hydrogen-bond acceptors (Lipinski definition) is 5. The normalized spacial score (nSPS) is 21.3. The summed E-state index contributed by atoms with van der Waals surface area (Å²) in [6.45, 7) is 3.48. The second-order valence-corrected chi connectivity index (χ2v) is 4.41. The molecule has 0 bridgehead atoms. The standard InChI is InChI=1S/C12H13N3O5/c1-3-20-9-5-4-7(6-8(9)15(18)19)12(2)10(16)13-11(17)14-12/h4-6H,3H2,1-2H3,(H2,13,14,16,17). The Hall–Kier alpha value is -2.64. The van der Waals surface area contributed by atoms with E-state index in [4.69, 9.17) is 4.74 Å². The maximum absolute atomic E-state index is 11.8. The lowest BCUT2D eigenvalue weighted by Crippen LogP contribution is -2.40. The first-order valence-electron chi connectivity index (χ1n) is 5.93. The summed E-state index contributed by atoms with van der Waals surface area (Å²) in [7, 11) is 0. The molecule has 2 N–H and O–H groups in total. The smallest absolute Gasteiger partial charge is 0.322 e. The van der Waals surface area contributed by atoms with Crippen molar-refractivity contribution >= 4 is 17.6 Å². The zero-order chi connectivity index (χ0) is 14.9. The quantitative estimate of drug-likeness (QED) is 0.486. The number of nitrogens with zero attached hydrogens (tertiary/aromatic N) is 1. The van der Waals surface area contributed by atoms with Crippen molar-refractivity contribution in [1.82, 2.24) is 10.6 Å². The minimum absolute atomic E-state index is 0.120. The number of urea groups is 1. The van der Waals surface area contributed by atoms with Crippen molar-refractivity contribution < 1.29 is 19.2 Å². The molecule has 1 saturated heterocycles. The number of carbonyl (C=O) groups excluding carboxylic acids is 2. The fraction of sp³-hybridized carbons (Fsp3) is 0.333. The van der Waals surface area contributed by atoms with Gasteiger partial charge in [0.1, 0.15) is 5.54 Å². The molecule has 0 aromatic heterocycles. The van der Waals surface area contributed by atoms with Crippen LogP contribution in [0.5, 0.6) is 5.75 Å². The van der Waals surface area contributed by atoms with Gasteiger partial charge in [0.25, 0.3) is 5.91 Å². The lowest BCUT2D eigenvalue weighted by Gasteiger charge is -2.21. The molecule has 2 rings (SSSR count). The van der Waals surface area contributed by atoms with E-state index in [2.05, 4.69) is 10.6 Å². The highest BCUT2D eigenvalue weighted by atomic mass is 16.6. The Kier molecular flexibility index (Phi) is 3.31. The molecular formula is C12H13N3O5. The predicted octanol–water partition coefficient (Wildman–Crippen LogP) is 1.05. The topological polar surface area (TPSA) is 111 Å². The Morgan fingerprint density at radius 2 is 2.10 bits per heavy atom. The summed E-state index contributed by atoms with van der Waals surface area (Å²) < 4.78 is 5.17. The van der Waals surface area contributed by atoms with Crippen LogP contribution in [0.1, 0.15) is 19.4 Å². The Bertz CT molecular complexity index is 601. The number of carbonyl (C=O) groups is 2. The molecule has 0 saturated carbocycles. The van der Waals surface area contributed by atoms with Gasteiger partial charge in [0, 0.05) is 6.07 Å². The van der Waals surface area contributed by atoms with E-state index in [1.54, 1.807) is 6.92 Å². The van der Waals surface area contributed by atoms with Gasteiger partial charge in [-0.25, -0.2) is 4.79 Å². The summed E-state index contributed by atoms with van der Waals surface area (Å²) in [5, 5.41) is 15.6. The third-order valence-electron chi connectivity index (χ3n) is 3.08. The zero-order valence-electron chi connectivity index (χ0n) is 10.9. The van der Waals surface area contributed by atoms with Crippen molar-refractivity contribution in [3.8, 4) is 5.75 Å². The number of rotatable bonds is 4. The van der Waals surface area contributed by atoms with Crippen LogP contribution in [-0.2, 0) is 10.3 Å². The van der Waals surface area contributed by atoms with Crippen molar-refractivity contribution in [3.63, 3.8) is 0 Å². The second kappa shape index (κ2) is 4.80. The van der Waals surface area contributed by atoms with Crippen LogP contribution in [0.15, 0.2) is 18.2 Å². The highest BCUT2D eigenvalue weighted by molar-refractivity contribution is 6.07. The van der Waals surface area contributed by atoms with E-state index in [9.17, 15) is 19.7 Å². The van der Waals surface area contributed by atoms with Gasteiger partial charge in [0.05, 0.1) is 11.5 Å². The zero-order valence-corrected chi connectivity index (χ0v) is 10.9. The first-order valence-corrected chi connectivity index (χ1v) is 5.93. The average molecular weight is 279 g/mol. The highest BCUT2D eigenvalue weighted by Crippen LogP contribution is 2.33. The van der Waals surface area contributed by atoms with Crippen LogP contribution >= 0.6 is 0 Å². The van der Waals surface area contributed by atoms with Crippen molar-refractivity contribution in [2.75, 3.05) is 6.61 Å². The number of nitro groups is 1. The largest absolute Gasteiger partial charge is 0.487 e. The van der Waals surface area contributed by atoms with E-state index in [0.29, 0.717) is 5.56 Å². The molecular weight excluding hydrogens is 266 g/mol. The molecule has 0 radical (unpaired) electrons. The molecule has 1 aliphatic heterocycles. The lowest BCUT2D eigenvalue weighted by molar-refractivity contribution is -0.385. The maximum Gasteiger partial charge on any atom is 0.322 e. The number of amides is 3. The van der Waals surface area contributed by atoms with Gasteiger partial charge >= 0.3 is 11.7 Å². The molecule has 8 nitrogen and oxygen atoms in total. The fourth-order valence-corrected chi connectivity index (χ4v) is 2.00. The lowest BCUT2D eigenvalue weighted by atomic mass is 9.92. The second-order valence-electron chi connectivity index (χ2n) is 4.41. The molecule has 1 atom stereocenters. The van der Waals surface area contributed by atoms with Gasteiger partial charge in [0.2, 0.25) is 0 Å². The molecule has 0 aliphatic carbocycles. The third-order valence-corrected chi connectivity index (χ3v) is 3.08. The Morgan fingerprint density at radius 3 is 2.60 bits per heavy atom. The van der Waals surface area contributed by atoms with E-state index < -0.39 is 22.4 Å². The molecule has 1 aromatic rings. The maximum atomic E-state index is 11.8. The van der Waals surface area contributed by atoms with Gasteiger partial charge in [-0.15, -0.1) is 0 Å². The molecule has 1 heterocycles. The van der Waals surface area contributed by atoms with Crippen molar-refractivity contribution in [2.24, 2.45) is 0 Å². The molecule has 0 spiro atoms. The van der Waals surface area contributed by atoms with Crippen molar-refractivity contribution in [3.05, 3.63) is 33.9 Å². The highest BCUT2D eigenvalue weighted by Gasteiger charge is 2.44. The molecule has 106 valence electrons. The van der Waals surface area contributed by atoms with Gasteiger partial charge in [-0.05, 0) is 25.5 Å². The number of ether oxygens (including phenoxy) is 1. The number of hydrogen-bond donors (Lipinski definition) is 2. The third kappa shape index (κ3) is 2.15. The van der Waals surface area contributed by atoms with Gasteiger partial charge < -0.3 is 10.1 Å². The summed E-state index contributed by atoms with van der Waals surface area (Å²) in [5.41, 5.74) is -1.26. The molecule has 1 unspecified atom stereocenters. The van der Waals surface area contributed by atoms with Gasteiger partial charge in [0.15, 0.2) is 5.75 Å². The summed E-state index contributed by atoms with van der Waals surface area (Å²) in [6.07, 6.45) is 0. The Morgan fingerprint density at radius 1 is 1.40 bits per heavy atom. The Labute approximate surface area is 114 Å². The van der Waals surface area contributed by atoms with E-state index in [-0.39, 0.29) is 18.0 Å². The first kappa shape index (κ1) is 13.8. The number of nitrogens with one attached hydrogen (secondary N) is 2. The molecule has 8 heteroatoms. The molecule has 20 heavy (non-hydrogen) atoms. The van der Waals surface area contributed by atoms with Crippen molar-refractivity contribution in [1.29, 1.82) is 0 Å². The SMILES string of the molecule is CCOc1ccc(C2(C)NC(=O)NC2=O)cc1[N+](=O)[O-]. The van der Waals surface area contributed by atoms with Crippen LogP contribution in [0.4, 0.5) is 10.5 Å². The minimum atomic E-state index is -1.33. The summed E-state index contributed by atoms with van der Waals surface area (Å²) in [4.78, 5) is 33.5. The number of nitro benzene ring substituents is 1. The van der Waals surface area contributed by atoms with Crippen LogP contribution < -0.4 is 15.4 Å². The van der Waals surface area contributed by atoms with Crippen LogP contribution in [-0.4, -0.2) is 23.5 Å². The molecule has 1 aliphatic rings.